The highest BCUT2D eigenvalue weighted by Gasteiger charge is 2.05. The van der Waals surface area contributed by atoms with E-state index in [1.54, 1.807) is 6.20 Å². The summed E-state index contributed by atoms with van der Waals surface area (Å²) >= 11 is 0. The molecule has 0 bridgehead atoms. The van der Waals surface area contributed by atoms with Crippen LogP contribution in [0.15, 0.2) is 41.1 Å². The van der Waals surface area contributed by atoms with Gasteiger partial charge in [-0.1, -0.05) is 12.1 Å². The highest BCUT2D eigenvalue weighted by molar-refractivity contribution is 5.59. The van der Waals surface area contributed by atoms with Gasteiger partial charge in [0.1, 0.15) is 0 Å². The van der Waals surface area contributed by atoms with Crippen LogP contribution in [0.4, 0.5) is 5.69 Å². The molecule has 0 aliphatic carbocycles. The molecule has 6 heteroatoms. The molecule has 3 aromatic rings. The van der Waals surface area contributed by atoms with Crippen LogP contribution in [0.25, 0.3) is 11.4 Å². The Morgan fingerprint density at radius 1 is 1.09 bits per heavy atom. The lowest BCUT2D eigenvalue weighted by Crippen LogP contribution is -2.00. The largest absolute Gasteiger partial charge is 0.376 e. The number of nitrogens with zero attached hydrogens (tertiary/aromatic N) is 4. The molecule has 6 nitrogen and oxygen atoms in total. The van der Waals surface area contributed by atoms with Gasteiger partial charge in [-0.2, -0.15) is 4.98 Å². The minimum atomic E-state index is 0.507. The lowest BCUT2D eigenvalue weighted by molar-refractivity contribution is 0.378. The van der Waals surface area contributed by atoms with Gasteiger partial charge >= 0.3 is 0 Å². The second-order valence-corrected chi connectivity index (χ2v) is 4.91. The van der Waals surface area contributed by atoms with Gasteiger partial charge in [0.2, 0.25) is 5.89 Å². The Labute approximate surface area is 128 Å². The normalized spacial score (nSPS) is 10.6. The van der Waals surface area contributed by atoms with E-state index in [4.69, 9.17) is 4.52 Å². The van der Waals surface area contributed by atoms with Crippen LogP contribution in [0, 0.1) is 6.92 Å². The van der Waals surface area contributed by atoms with Crippen LogP contribution in [0.1, 0.15) is 24.3 Å². The van der Waals surface area contributed by atoms with E-state index in [9.17, 15) is 0 Å². The zero-order valence-electron chi connectivity index (χ0n) is 12.6. The Morgan fingerprint density at radius 2 is 1.91 bits per heavy atom. The van der Waals surface area contributed by atoms with Crippen molar-refractivity contribution in [2.45, 2.75) is 26.8 Å². The summed E-state index contributed by atoms with van der Waals surface area (Å²) in [5, 5.41) is 7.12. The fraction of sp³-hybridized carbons (Fsp3) is 0.250. The predicted molar refractivity (Wildman–Crippen MR) is 83.2 cm³/mol. The number of benzene rings is 1. The van der Waals surface area contributed by atoms with Gasteiger partial charge in [0, 0.05) is 29.6 Å². The first-order valence-electron chi connectivity index (χ1n) is 7.20. The van der Waals surface area contributed by atoms with Gasteiger partial charge < -0.3 is 9.84 Å². The van der Waals surface area contributed by atoms with Gasteiger partial charge in [-0.15, -0.1) is 0 Å². The second-order valence-electron chi connectivity index (χ2n) is 4.91. The molecule has 0 atom stereocenters. The molecule has 2 heterocycles. The van der Waals surface area contributed by atoms with Crippen molar-refractivity contribution in [2.75, 3.05) is 5.32 Å². The monoisotopic (exact) mass is 295 g/mol. The first kappa shape index (κ1) is 14.2. The molecule has 0 aliphatic rings. The molecule has 3 rings (SSSR count). The maximum Gasteiger partial charge on any atom is 0.245 e. The first-order valence-corrected chi connectivity index (χ1v) is 7.20. The van der Waals surface area contributed by atoms with Gasteiger partial charge in [0.05, 0.1) is 6.54 Å². The van der Waals surface area contributed by atoms with Crippen LogP contribution >= 0.6 is 0 Å². The maximum atomic E-state index is 5.14. The zero-order chi connectivity index (χ0) is 15.4. The molecule has 0 unspecified atom stereocenters. The molecule has 0 radical (unpaired) electrons. The number of aryl methyl sites for hydroxylation is 2. The average molecular weight is 295 g/mol. The third kappa shape index (κ3) is 3.28. The van der Waals surface area contributed by atoms with Crippen molar-refractivity contribution >= 4 is 5.69 Å². The zero-order valence-corrected chi connectivity index (χ0v) is 12.6. The number of rotatable bonds is 5. The highest BCUT2D eigenvalue weighted by atomic mass is 16.5. The molecule has 22 heavy (non-hydrogen) atoms. The van der Waals surface area contributed by atoms with E-state index >= 15 is 0 Å². The Balaban J connectivity index is 1.66. The van der Waals surface area contributed by atoms with E-state index in [-0.39, 0.29) is 0 Å². The summed E-state index contributed by atoms with van der Waals surface area (Å²) < 4.78 is 5.14. The Bertz CT molecular complexity index is 751. The summed E-state index contributed by atoms with van der Waals surface area (Å²) in [6.07, 6.45) is 2.54. The van der Waals surface area contributed by atoms with Gasteiger partial charge in [0.25, 0.3) is 0 Å². The summed E-state index contributed by atoms with van der Waals surface area (Å²) in [6.45, 7) is 4.46. The Kier molecular flexibility index (Phi) is 4.09. The summed E-state index contributed by atoms with van der Waals surface area (Å²) in [6, 6.07) is 9.83. The van der Waals surface area contributed by atoms with E-state index in [1.165, 1.54) is 0 Å². The van der Waals surface area contributed by atoms with Crippen LogP contribution in [0.3, 0.4) is 0 Å². The van der Waals surface area contributed by atoms with Crippen molar-refractivity contribution in [3.8, 4) is 11.4 Å². The van der Waals surface area contributed by atoms with Crippen molar-refractivity contribution in [3.05, 3.63) is 53.9 Å². The first-order chi connectivity index (χ1) is 10.7. The molecule has 2 aromatic heterocycles. The fourth-order valence-electron chi connectivity index (χ4n) is 2.01. The molecular formula is C16H17N5O. The van der Waals surface area contributed by atoms with Crippen molar-refractivity contribution in [2.24, 2.45) is 0 Å². The van der Waals surface area contributed by atoms with Crippen LogP contribution in [-0.2, 0) is 13.0 Å². The topological polar surface area (TPSA) is 76.7 Å². The Hall–Kier alpha value is -2.76. The smallest absolute Gasteiger partial charge is 0.245 e. The van der Waals surface area contributed by atoms with Gasteiger partial charge in [-0.25, -0.2) is 9.97 Å². The van der Waals surface area contributed by atoms with Gasteiger partial charge in [-0.05, 0) is 37.3 Å². The average Bonchev–Trinajstić information content (AvgIpc) is 3.01. The molecule has 0 aliphatic heterocycles. The molecule has 0 amide bonds. The third-order valence-electron chi connectivity index (χ3n) is 3.21. The molecule has 112 valence electrons. The molecular weight excluding hydrogens is 278 g/mol. The van der Waals surface area contributed by atoms with E-state index < -0.39 is 0 Å². The maximum absolute atomic E-state index is 5.14. The van der Waals surface area contributed by atoms with Gasteiger partial charge in [0.15, 0.2) is 11.6 Å². The minimum Gasteiger partial charge on any atom is -0.376 e. The second kappa shape index (κ2) is 6.34. The molecule has 0 saturated carbocycles. The SMILES string of the molecule is CCc1noc(CNc2ccc(-c3nccc(C)n3)cc2)n1. The Morgan fingerprint density at radius 3 is 2.59 bits per heavy atom. The van der Waals surface area contributed by atoms with Crippen molar-refractivity contribution < 1.29 is 4.52 Å². The van der Waals surface area contributed by atoms with Crippen molar-refractivity contribution in [1.29, 1.82) is 0 Å². The summed E-state index contributed by atoms with van der Waals surface area (Å²) in [7, 11) is 0. The van der Waals surface area contributed by atoms with Crippen LogP contribution in [0.2, 0.25) is 0 Å². The fourth-order valence-corrected chi connectivity index (χ4v) is 2.01. The highest BCUT2D eigenvalue weighted by Crippen LogP contribution is 2.18. The van der Waals surface area contributed by atoms with Gasteiger partial charge in [-0.3, -0.25) is 0 Å². The van der Waals surface area contributed by atoms with E-state index in [1.807, 2.05) is 44.2 Å². The summed E-state index contributed by atoms with van der Waals surface area (Å²) in [5.74, 6) is 2.04. The number of anilines is 1. The minimum absolute atomic E-state index is 0.507. The van der Waals surface area contributed by atoms with Crippen LogP contribution in [0.5, 0.6) is 0 Å². The van der Waals surface area contributed by atoms with Crippen molar-refractivity contribution in [3.63, 3.8) is 0 Å². The van der Waals surface area contributed by atoms with E-state index in [2.05, 4.69) is 25.4 Å². The standard InChI is InChI=1S/C16H17N5O/c1-3-14-20-15(22-21-14)10-18-13-6-4-12(5-7-13)16-17-9-8-11(2)19-16/h4-9,18H,3,10H2,1-2H3. The third-order valence-corrected chi connectivity index (χ3v) is 3.21. The van der Waals surface area contributed by atoms with Crippen molar-refractivity contribution in [1.82, 2.24) is 20.1 Å². The number of aromatic nitrogens is 4. The van der Waals surface area contributed by atoms with Crippen LogP contribution < -0.4 is 5.32 Å². The van der Waals surface area contributed by atoms with E-state index in [0.717, 1.165) is 35.0 Å². The lowest BCUT2D eigenvalue weighted by Gasteiger charge is -2.05. The molecule has 0 saturated heterocycles. The molecule has 1 N–H and O–H groups in total. The summed E-state index contributed by atoms with van der Waals surface area (Å²) in [5.41, 5.74) is 2.92. The lowest BCUT2D eigenvalue weighted by atomic mass is 10.2. The molecule has 0 spiro atoms. The van der Waals surface area contributed by atoms with Crippen LogP contribution in [-0.4, -0.2) is 20.1 Å². The number of nitrogens with one attached hydrogen (secondary N) is 1. The summed E-state index contributed by atoms with van der Waals surface area (Å²) in [4.78, 5) is 13.0. The molecule has 0 fully saturated rings. The number of hydrogen-bond donors (Lipinski definition) is 1. The molecule has 1 aromatic carbocycles. The van der Waals surface area contributed by atoms with E-state index in [0.29, 0.717) is 12.4 Å². The quantitative estimate of drug-likeness (QED) is 0.779. The predicted octanol–water partition coefficient (Wildman–Crippen LogP) is 3.01. The number of hydrogen-bond acceptors (Lipinski definition) is 6.